The first-order valence-electron chi connectivity index (χ1n) is 5.38. The van der Waals surface area contributed by atoms with Crippen molar-refractivity contribution in [1.29, 1.82) is 0 Å². The van der Waals surface area contributed by atoms with Gasteiger partial charge in [0.15, 0.2) is 0 Å². The minimum absolute atomic E-state index is 0.0154. The van der Waals surface area contributed by atoms with Crippen molar-refractivity contribution in [2.75, 3.05) is 10.5 Å². The van der Waals surface area contributed by atoms with Crippen LogP contribution in [0.25, 0.3) is 0 Å². The zero-order valence-corrected chi connectivity index (χ0v) is 11.7. The van der Waals surface area contributed by atoms with E-state index in [9.17, 15) is 8.42 Å². The molecule has 0 unspecified atom stereocenters. The van der Waals surface area contributed by atoms with Gasteiger partial charge in [0, 0.05) is 11.2 Å². The second-order valence-electron chi connectivity index (χ2n) is 4.04. The maximum absolute atomic E-state index is 12.2. The molecule has 0 atom stereocenters. The van der Waals surface area contributed by atoms with Gasteiger partial charge < -0.3 is 5.73 Å². The minimum atomic E-state index is -3.75. The van der Waals surface area contributed by atoms with Gasteiger partial charge in [-0.25, -0.2) is 8.42 Å². The van der Waals surface area contributed by atoms with E-state index in [1.165, 1.54) is 24.4 Å². The van der Waals surface area contributed by atoms with Crippen molar-refractivity contribution in [3.63, 3.8) is 0 Å². The number of nitrogens with one attached hydrogen (secondary N) is 1. The molecular weight excluding hydrogens is 286 g/mol. The van der Waals surface area contributed by atoms with E-state index in [1.54, 1.807) is 12.3 Å². The van der Waals surface area contributed by atoms with Crippen molar-refractivity contribution in [2.45, 2.75) is 11.8 Å². The standard InChI is InChI=1S/C12H12ClN3O2S/c1-8-4-10(7-15-6-8)16-19(17,18)12-3-2-9(13)5-11(12)14/h2-7,16H,14H2,1H3. The lowest BCUT2D eigenvalue weighted by molar-refractivity contribution is 0.601. The number of aromatic nitrogens is 1. The fourth-order valence-corrected chi connectivity index (χ4v) is 2.91. The lowest BCUT2D eigenvalue weighted by atomic mass is 10.3. The summed E-state index contributed by atoms with van der Waals surface area (Å²) >= 11 is 5.74. The second kappa shape index (κ2) is 5.07. The maximum atomic E-state index is 12.2. The van der Waals surface area contributed by atoms with Crippen LogP contribution in [0.2, 0.25) is 5.02 Å². The molecule has 0 aliphatic carbocycles. The molecule has 2 aromatic rings. The Bertz CT molecular complexity index is 717. The first-order valence-corrected chi connectivity index (χ1v) is 7.24. The second-order valence-corrected chi connectivity index (χ2v) is 6.13. The van der Waals surface area contributed by atoms with Crippen LogP contribution in [0.5, 0.6) is 0 Å². The summed E-state index contributed by atoms with van der Waals surface area (Å²) in [6.45, 7) is 1.82. The monoisotopic (exact) mass is 297 g/mol. The number of nitrogen functional groups attached to an aromatic ring is 1. The number of rotatable bonds is 3. The minimum Gasteiger partial charge on any atom is -0.398 e. The van der Waals surface area contributed by atoms with Crippen molar-refractivity contribution in [3.8, 4) is 0 Å². The summed E-state index contributed by atoms with van der Waals surface area (Å²) in [7, 11) is -3.75. The van der Waals surface area contributed by atoms with Gasteiger partial charge in [-0.15, -0.1) is 0 Å². The molecule has 5 nitrogen and oxygen atoms in total. The van der Waals surface area contributed by atoms with Gasteiger partial charge in [-0.3, -0.25) is 9.71 Å². The molecule has 0 saturated heterocycles. The van der Waals surface area contributed by atoms with Gasteiger partial charge in [0.05, 0.1) is 17.6 Å². The van der Waals surface area contributed by atoms with E-state index < -0.39 is 10.0 Å². The van der Waals surface area contributed by atoms with E-state index in [0.717, 1.165) is 5.56 Å². The Labute approximate surface area is 116 Å². The van der Waals surface area contributed by atoms with Gasteiger partial charge in [-0.05, 0) is 36.8 Å². The molecule has 0 fully saturated rings. The predicted octanol–water partition coefficient (Wildman–Crippen LogP) is 2.43. The fraction of sp³-hybridized carbons (Fsp3) is 0.0833. The first-order chi connectivity index (χ1) is 8.88. The molecule has 1 aromatic carbocycles. The van der Waals surface area contributed by atoms with E-state index in [0.29, 0.717) is 10.7 Å². The molecule has 0 bridgehead atoms. The smallest absolute Gasteiger partial charge is 0.263 e. The van der Waals surface area contributed by atoms with Gasteiger partial charge >= 0.3 is 0 Å². The van der Waals surface area contributed by atoms with Crippen LogP contribution in [0, 0.1) is 6.92 Å². The number of pyridine rings is 1. The normalized spacial score (nSPS) is 11.3. The zero-order chi connectivity index (χ0) is 14.0. The van der Waals surface area contributed by atoms with E-state index in [-0.39, 0.29) is 10.6 Å². The number of hydrogen-bond donors (Lipinski definition) is 2. The highest BCUT2D eigenvalue weighted by molar-refractivity contribution is 7.92. The average Bonchev–Trinajstić information content (AvgIpc) is 2.27. The molecule has 1 heterocycles. The third kappa shape index (κ3) is 3.15. The molecular formula is C12H12ClN3O2S. The Morgan fingerprint density at radius 1 is 1.26 bits per heavy atom. The molecule has 0 saturated carbocycles. The molecule has 0 aliphatic heterocycles. The number of sulfonamides is 1. The number of nitrogens with two attached hydrogens (primary N) is 1. The quantitative estimate of drug-likeness (QED) is 0.852. The molecule has 0 amide bonds. The van der Waals surface area contributed by atoms with Crippen LogP contribution >= 0.6 is 11.6 Å². The first kappa shape index (κ1) is 13.6. The van der Waals surface area contributed by atoms with Crippen molar-refractivity contribution in [2.24, 2.45) is 0 Å². The molecule has 19 heavy (non-hydrogen) atoms. The lowest BCUT2D eigenvalue weighted by Gasteiger charge is -2.10. The average molecular weight is 298 g/mol. The molecule has 3 N–H and O–H groups in total. The topological polar surface area (TPSA) is 85.1 Å². The molecule has 100 valence electrons. The Kier molecular flexibility index (Phi) is 3.64. The third-order valence-corrected chi connectivity index (χ3v) is 4.08. The zero-order valence-electron chi connectivity index (χ0n) is 10.1. The SMILES string of the molecule is Cc1cncc(NS(=O)(=O)c2ccc(Cl)cc2N)c1. The molecule has 0 spiro atoms. The van der Waals surface area contributed by atoms with E-state index in [4.69, 9.17) is 17.3 Å². The molecule has 7 heteroatoms. The predicted molar refractivity (Wildman–Crippen MR) is 75.6 cm³/mol. The summed E-state index contributed by atoms with van der Waals surface area (Å²) in [6.07, 6.45) is 3.06. The van der Waals surface area contributed by atoms with E-state index >= 15 is 0 Å². The summed E-state index contributed by atoms with van der Waals surface area (Å²) in [5, 5.41) is 0.383. The van der Waals surface area contributed by atoms with Crippen molar-refractivity contribution in [3.05, 3.63) is 47.2 Å². The Hall–Kier alpha value is -1.79. The Morgan fingerprint density at radius 3 is 2.63 bits per heavy atom. The van der Waals surface area contributed by atoms with Crippen LogP contribution in [0.3, 0.4) is 0 Å². The lowest BCUT2D eigenvalue weighted by Crippen LogP contribution is -2.15. The molecule has 0 aliphatic rings. The molecule has 0 radical (unpaired) electrons. The Balaban J connectivity index is 2.38. The number of halogens is 1. The van der Waals surface area contributed by atoms with Crippen LogP contribution in [0.15, 0.2) is 41.6 Å². The fourth-order valence-electron chi connectivity index (χ4n) is 1.58. The van der Waals surface area contributed by atoms with E-state index in [2.05, 4.69) is 9.71 Å². The van der Waals surface area contributed by atoms with Gasteiger partial charge in [0.1, 0.15) is 4.90 Å². The highest BCUT2D eigenvalue weighted by Gasteiger charge is 2.17. The number of hydrogen-bond acceptors (Lipinski definition) is 4. The highest BCUT2D eigenvalue weighted by atomic mass is 35.5. The third-order valence-electron chi connectivity index (χ3n) is 2.39. The van der Waals surface area contributed by atoms with Crippen LogP contribution in [-0.4, -0.2) is 13.4 Å². The van der Waals surface area contributed by atoms with Crippen molar-refractivity contribution in [1.82, 2.24) is 4.98 Å². The molecule has 2 rings (SSSR count). The number of anilines is 2. The molecule has 1 aromatic heterocycles. The largest absolute Gasteiger partial charge is 0.398 e. The number of aryl methyl sites for hydroxylation is 1. The van der Waals surface area contributed by atoms with Crippen LogP contribution in [-0.2, 0) is 10.0 Å². The van der Waals surface area contributed by atoms with Crippen LogP contribution < -0.4 is 10.5 Å². The summed E-state index contributed by atoms with van der Waals surface area (Å²) in [5.74, 6) is 0. The van der Waals surface area contributed by atoms with Crippen LogP contribution in [0.4, 0.5) is 11.4 Å². The van der Waals surface area contributed by atoms with Gasteiger partial charge in [0.25, 0.3) is 10.0 Å². The summed E-state index contributed by atoms with van der Waals surface area (Å²) < 4.78 is 26.8. The summed E-state index contributed by atoms with van der Waals surface area (Å²) in [5.41, 5.74) is 7.00. The number of benzene rings is 1. The summed E-state index contributed by atoms with van der Waals surface area (Å²) in [6, 6.07) is 5.91. The highest BCUT2D eigenvalue weighted by Crippen LogP contribution is 2.24. The van der Waals surface area contributed by atoms with Crippen molar-refractivity contribution >= 4 is 33.0 Å². The van der Waals surface area contributed by atoms with Crippen molar-refractivity contribution < 1.29 is 8.42 Å². The maximum Gasteiger partial charge on any atom is 0.263 e. The van der Waals surface area contributed by atoms with Gasteiger partial charge in [-0.2, -0.15) is 0 Å². The van der Waals surface area contributed by atoms with Crippen LogP contribution in [0.1, 0.15) is 5.56 Å². The Morgan fingerprint density at radius 2 is 2.00 bits per heavy atom. The van der Waals surface area contributed by atoms with Gasteiger partial charge in [0.2, 0.25) is 0 Å². The summed E-state index contributed by atoms with van der Waals surface area (Å²) in [4.78, 5) is 3.90. The van der Waals surface area contributed by atoms with E-state index in [1.807, 2.05) is 6.92 Å². The number of nitrogens with zero attached hydrogens (tertiary/aromatic N) is 1. The van der Waals surface area contributed by atoms with Gasteiger partial charge in [-0.1, -0.05) is 11.6 Å².